The van der Waals surface area contributed by atoms with Crippen LogP contribution in [-0.4, -0.2) is 47.4 Å². The minimum absolute atomic E-state index is 0.264. The van der Waals surface area contributed by atoms with E-state index in [0.717, 1.165) is 30.9 Å². The molecule has 0 bridgehead atoms. The van der Waals surface area contributed by atoms with Crippen LogP contribution >= 0.6 is 11.5 Å². The number of carbonyl (C=O) groups excluding carboxylic acids is 1. The van der Waals surface area contributed by atoms with Crippen LogP contribution in [0.25, 0.3) is 0 Å². The van der Waals surface area contributed by atoms with Gasteiger partial charge >= 0.3 is 0 Å². The van der Waals surface area contributed by atoms with E-state index in [1.54, 1.807) is 0 Å². The van der Waals surface area contributed by atoms with E-state index in [1.165, 1.54) is 43.9 Å². The van der Waals surface area contributed by atoms with E-state index in [1.807, 2.05) is 0 Å². The van der Waals surface area contributed by atoms with Crippen molar-refractivity contribution in [3.05, 3.63) is 5.56 Å². The fraction of sp³-hybridized carbons (Fsp3) is 0.714. The first-order valence-corrected chi connectivity index (χ1v) is 8.48. The first-order chi connectivity index (χ1) is 10.2. The highest BCUT2D eigenvalue weighted by Crippen LogP contribution is 2.33. The maximum Gasteiger partial charge on any atom is 0.255 e. The Morgan fingerprint density at radius 1 is 1.14 bits per heavy atom. The number of hydrogen-bond acceptors (Lipinski definition) is 6. The van der Waals surface area contributed by atoms with E-state index >= 15 is 0 Å². The molecule has 1 amide bonds. The smallest absolute Gasteiger partial charge is 0.255 e. The number of carbonyl (C=O) groups is 1. The zero-order valence-electron chi connectivity index (χ0n) is 12.3. The molecule has 4 N–H and O–H groups in total. The molecular weight excluding hydrogens is 286 g/mol. The summed E-state index contributed by atoms with van der Waals surface area (Å²) in [6.45, 7) is 4.38. The summed E-state index contributed by atoms with van der Waals surface area (Å²) in [5.74, 6) is -0.213. The van der Waals surface area contributed by atoms with Crippen LogP contribution in [0.2, 0.25) is 0 Å². The Balaban J connectivity index is 1.64. The summed E-state index contributed by atoms with van der Waals surface area (Å²) in [6.07, 6.45) is 6.30. The topological polar surface area (TPSA) is 88.5 Å². The maximum atomic E-state index is 11.5. The molecule has 2 aliphatic rings. The molecule has 1 aromatic rings. The van der Waals surface area contributed by atoms with Crippen LogP contribution in [0.4, 0.5) is 10.8 Å². The molecule has 0 spiro atoms. The Morgan fingerprint density at radius 2 is 1.81 bits per heavy atom. The fourth-order valence-electron chi connectivity index (χ4n) is 3.46. The van der Waals surface area contributed by atoms with Crippen LogP contribution in [0.5, 0.6) is 0 Å². The van der Waals surface area contributed by atoms with Crippen LogP contribution in [-0.2, 0) is 0 Å². The van der Waals surface area contributed by atoms with Gasteiger partial charge in [-0.05, 0) is 50.3 Å². The molecule has 0 aliphatic carbocycles. The number of nitrogens with zero attached hydrogens (tertiary/aromatic N) is 3. The molecule has 2 saturated heterocycles. The summed E-state index contributed by atoms with van der Waals surface area (Å²) in [4.78, 5) is 16.4. The van der Waals surface area contributed by atoms with Gasteiger partial charge < -0.3 is 21.3 Å². The van der Waals surface area contributed by atoms with E-state index in [2.05, 4.69) is 14.2 Å². The lowest BCUT2D eigenvalue weighted by atomic mass is 10.00. The van der Waals surface area contributed by atoms with E-state index in [0.29, 0.717) is 11.6 Å². The van der Waals surface area contributed by atoms with Gasteiger partial charge in [0.05, 0.1) is 0 Å². The van der Waals surface area contributed by atoms with Gasteiger partial charge in [0, 0.05) is 19.1 Å². The Bertz CT molecular complexity index is 503. The average molecular weight is 309 g/mol. The van der Waals surface area contributed by atoms with Gasteiger partial charge in [-0.1, -0.05) is 6.42 Å². The van der Waals surface area contributed by atoms with Gasteiger partial charge in [-0.25, -0.2) is 0 Å². The number of aromatic nitrogens is 1. The Morgan fingerprint density at radius 3 is 2.43 bits per heavy atom. The largest absolute Gasteiger partial charge is 0.382 e. The van der Waals surface area contributed by atoms with Crippen molar-refractivity contribution in [1.29, 1.82) is 0 Å². The predicted molar refractivity (Wildman–Crippen MR) is 85.7 cm³/mol. The molecule has 6 nitrogen and oxygen atoms in total. The van der Waals surface area contributed by atoms with Crippen LogP contribution in [0.1, 0.15) is 42.5 Å². The molecule has 0 unspecified atom stereocenters. The molecule has 2 fully saturated rings. The van der Waals surface area contributed by atoms with Crippen molar-refractivity contribution >= 4 is 28.3 Å². The molecule has 7 heteroatoms. The monoisotopic (exact) mass is 309 g/mol. The third-order valence-corrected chi connectivity index (χ3v) is 5.53. The molecule has 0 atom stereocenters. The lowest BCUT2D eigenvalue weighted by molar-refractivity contribution is 0.100. The standard InChI is InChI=1S/C14H23N5OS/c15-12-11(13(16)20)14(21-17-12)19-8-4-10(5-9-19)18-6-2-1-3-7-18/h10H,1-9H2,(H2,15,17)(H2,16,20). The molecule has 3 heterocycles. The van der Waals surface area contributed by atoms with Gasteiger partial charge in [0.2, 0.25) is 0 Å². The number of anilines is 2. The molecule has 3 rings (SSSR count). The fourth-order valence-corrected chi connectivity index (χ4v) is 4.33. The number of hydrogen-bond donors (Lipinski definition) is 2. The van der Waals surface area contributed by atoms with Crippen molar-refractivity contribution in [2.45, 2.75) is 38.1 Å². The first-order valence-electron chi connectivity index (χ1n) is 7.70. The van der Waals surface area contributed by atoms with Crippen molar-refractivity contribution in [3.63, 3.8) is 0 Å². The number of nitrogens with two attached hydrogens (primary N) is 2. The second-order valence-corrected chi connectivity index (χ2v) is 6.68. The highest BCUT2D eigenvalue weighted by atomic mass is 32.1. The minimum atomic E-state index is -0.477. The van der Waals surface area contributed by atoms with Gasteiger partial charge in [-0.3, -0.25) is 4.79 Å². The third kappa shape index (κ3) is 2.98. The van der Waals surface area contributed by atoms with Crippen LogP contribution < -0.4 is 16.4 Å². The number of rotatable bonds is 3. The highest BCUT2D eigenvalue weighted by molar-refractivity contribution is 7.11. The van der Waals surface area contributed by atoms with E-state index in [-0.39, 0.29) is 5.82 Å². The van der Waals surface area contributed by atoms with Crippen molar-refractivity contribution in [2.75, 3.05) is 36.8 Å². The summed E-state index contributed by atoms with van der Waals surface area (Å²) in [6, 6.07) is 0.684. The number of nitrogen functional groups attached to an aromatic ring is 1. The zero-order chi connectivity index (χ0) is 14.8. The lowest BCUT2D eigenvalue weighted by Crippen LogP contribution is -2.46. The second-order valence-electron chi connectivity index (χ2n) is 5.93. The lowest BCUT2D eigenvalue weighted by Gasteiger charge is -2.40. The zero-order valence-corrected chi connectivity index (χ0v) is 13.1. The number of likely N-dealkylation sites (tertiary alicyclic amines) is 1. The minimum Gasteiger partial charge on any atom is -0.382 e. The van der Waals surface area contributed by atoms with Gasteiger partial charge in [0.1, 0.15) is 10.6 Å². The number of primary amides is 1. The summed E-state index contributed by atoms with van der Waals surface area (Å²) in [7, 11) is 0. The summed E-state index contributed by atoms with van der Waals surface area (Å²) < 4.78 is 4.09. The molecule has 2 aliphatic heterocycles. The van der Waals surface area contributed by atoms with Crippen LogP contribution in [0, 0.1) is 0 Å². The average Bonchev–Trinajstić information content (AvgIpc) is 2.90. The van der Waals surface area contributed by atoms with E-state index in [9.17, 15) is 4.79 Å². The Labute approximate surface area is 129 Å². The molecule has 0 aromatic carbocycles. The maximum absolute atomic E-state index is 11.5. The van der Waals surface area contributed by atoms with Crippen molar-refractivity contribution in [2.24, 2.45) is 5.73 Å². The van der Waals surface area contributed by atoms with Crippen LogP contribution in [0.3, 0.4) is 0 Å². The molecule has 116 valence electrons. The highest BCUT2D eigenvalue weighted by Gasteiger charge is 2.29. The third-order valence-electron chi connectivity index (χ3n) is 4.61. The first kappa shape index (κ1) is 14.6. The summed E-state index contributed by atoms with van der Waals surface area (Å²) >= 11 is 1.28. The normalized spacial score (nSPS) is 21.6. The predicted octanol–water partition coefficient (Wildman–Crippen LogP) is 1.28. The molecule has 21 heavy (non-hydrogen) atoms. The van der Waals surface area contributed by atoms with Crippen LogP contribution in [0.15, 0.2) is 0 Å². The Hall–Kier alpha value is -1.34. The quantitative estimate of drug-likeness (QED) is 0.878. The number of amides is 1. The van der Waals surface area contributed by atoms with Gasteiger partial charge in [0.15, 0.2) is 5.82 Å². The summed E-state index contributed by atoms with van der Waals surface area (Å²) in [5.41, 5.74) is 11.6. The SMILES string of the molecule is NC(=O)c1c(N)nsc1N1CCC(N2CCCCC2)CC1. The second kappa shape index (κ2) is 6.19. The van der Waals surface area contributed by atoms with Gasteiger partial charge in [0.25, 0.3) is 5.91 Å². The van der Waals surface area contributed by atoms with Crippen molar-refractivity contribution in [3.8, 4) is 0 Å². The number of piperidine rings is 2. The van der Waals surface area contributed by atoms with Gasteiger partial charge in [-0.2, -0.15) is 4.37 Å². The van der Waals surface area contributed by atoms with Gasteiger partial charge in [-0.15, -0.1) is 0 Å². The molecular formula is C14H23N5OS. The van der Waals surface area contributed by atoms with Crippen molar-refractivity contribution < 1.29 is 4.79 Å². The molecule has 1 aromatic heterocycles. The van der Waals surface area contributed by atoms with E-state index < -0.39 is 5.91 Å². The molecule has 0 saturated carbocycles. The Kier molecular flexibility index (Phi) is 4.30. The molecule has 0 radical (unpaired) electrons. The van der Waals surface area contributed by atoms with E-state index in [4.69, 9.17) is 11.5 Å². The van der Waals surface area contributed by atoms with Crippen molar-refractivity contribution in [1.82, 2.24) is 9.27 Å². The summed E-state index contributed by atoms with van der Waals surface area (Å²) in [5, 5.41) is 0.845.